The van der Waals surface area contributed by atoms with Crippen LogP contribution in [0.4, 0.5) is 4.39 Å². The number of hydrogen-bond donors (Lipinski definition) is 0. The molecule has 1 aromatic rings. The summed E-state index contributed by atoms with van der Waals surface area (Å²) in [6.07, 6.45) is 0.638. The highest BCUT2D eigenvalue weighted by Crippen LogP contribution is 2.27. The number of halogens is 2. The molecule has 0 radical (unpaired) electrons. The summed E-state index contributed by atoms with van der Waals surface area (Å²) in [6, 6.07) is 2.90. The molecule has 0 saturated carbocycles. The van der Waals surface area contributed by atoms with Crippen LogP contribution in [0.25, 0.3) is 0 Å². The van der Waals surface area contributed by atoms with Crippen LogP contribution in [-0.4, -0.2) is 7.11 Å². The van der Waals surface area contributed by atoms with Crippen molar-refractivity contribution in [2.45, 2.75) is 13.3 Å². The molecule has 0 unspecified atom stereocenters. The molecular formula is C9H10ClFO. The molecule has 0 N–H and O–H groups in total. The number of methoxy groups -OCH3 is 1. The highest BCUT2D eigenvalue weighted by Gasteiger charge is 2.06. The van der Waals surface area contributed by atoms with E-state index in [1.165, 1.54) is 13.2 Å². The van der Waals surface area contributed by atoms with E-state index in [0.29, 0.717) is 22.8 Å². The fraction of sp³-hybridized carbons (Fsp3) is 0.333. The lowest BCUT2D eigenvalue weighted by Gasteiger charge is -2.05. The Bertz CT molecular complexity index is 261. The third kappa shape index (κ3) is 1.69. The van der Waals surface area contributed by atoms with Crippen LogP contribution in [0.15, 0.2) is 12.1 Å². The van der Waals surface area contributed by atoms with Crippen molar-refractivity contribution >= 4 is 11.6 Å². The average Bonchev–Trinajstić information content (AvgIpc) is 2.05. The number of hydrogen-bond acceptors (Lipinski definition) is 1. The molecule has 1 nitrogen and oxygen atoms in total. The minimum Gasteiger partial charge on any atom is -0.495 e. The molecule has 0 saturated heterocycles. The van der Waals surface area contributed by atoms with Gasteiger partial charge in [0.25, 0.3) is 0 Å². The predicted molar refractivity (Wildman–Crippen MR) is 47.3 cm³/mol. The van der Waals surface area contributed by atoms with Crippen molar-refractivity contribution in [1.82, 2.24) is 0 Å². The van der Waals surface area contributed by atoms with Crippen molar-refractivity contribution in [3.05, 3.63) is 28.5 Å². The molecule has 0 aliphatic carbocycles. The van der Waals surface area contributed by atoms with Gasteiger partial charge in [-0.2, -0.15) is 0 Å². The topological polar surface area (TPSA) is 9.23 Å². The van der Waals surface area contributed by atoms with Gasteiger partial charge < -0.3 is 4.74 Å². The lowest BCUT2D eigenvalue weighted by Crippen LogP contribution is -1.91. The van der Waals surface area contributed by atoms with Gasteiger partial charge in [-0.05, 0) is 24.1 Å². The standard InChI is InChI=1S/C9H10ClFO/c1-3-6-4-9(12-2)7(10)5-8(6)11/h4-5H,3H2,1-2H3. The van der Waals surface area contributed by atoms with E-state index in [1.54, 1.807) is 6.07 Å². The summed E-state index contributed by atoms with van der Waals surface area (Å²) in [4.78, 5) is 0. The second kappa shape index (κ2) is 3.76. The predicted octanol–water partition coefficient (Wildman–Crippen LogP) is 3.05. The minimum absolute atomic E-state index is 0.275. The number of aryl methyl sites for hydroxylation is 1. The fourth-order valence-electron chi connectivity index (χ4n) is 0.999. The second-order valence-electron chi connectivity index (χ2n) is 2.43. The Morgan fingerprint density at radius 3 is 2.67 bits per heavy atom. The summed E-state index contributed by atoms with van der Waals surface area (Å²) in [6.45, 7) is 1.88. The highest BCUT2D eigenvalue weighted by molar-refractivity contribution is 6.32. The van der Waals surface area contributed by atoms with Gasteiger partial charge in [-0.1, -0.05) is 18.5 Å². The first-order chi connectivity index (χ1) is 5.69. The van der Waals surface area contributed by atoms with Gasteiger partial charge in [0.05, 0.1) is 12.1 Å². The molecule has 0 bridgehead atoms. The van der Waals surface area contributed by atoms with Crippen molar-refractivity contribution in [3.63, 3.8) is 0 Å². The Kier molecular flexibility index (Phi) is 2.93. The quantitative estimate of drug-likeness (QED) is 0.693. The van der Waals surface area contributed by atoms with Gasteiger partial charge in [-0.3, -0.25) is 0 Å². The maximum Gasteiger partial charge on any atom is 0.137 e. The molecule has 1 aromatic carbocycles. The largest absolute Gasteiger partial charge is 0.495 e. The Balaban J connectivity index is 3.18. The van der Waals surface area contributed by atoms with Gasteiger partial charge in [0.2, 0.25) is 0 Å². The summed E-state index contributed by atoms with van der Waals surface area (Å²) in [7, 11) is 1.51. The first-order valence-corrected chi connectivity index (χ1v) is 4.08. The van der Waals surface area contributed by atoms with Crippen LogP contribution in [0.2, 0.25) is 5.02 Å². The third-order valence-corrected chi connectivity index (χ3v) is 2.00. The van der Waals surface area contributed by atoms with E-state index in [4.69, 9.17) is 16.3 Å². The van der Waals surface area contributed by atoms with Gasteiger partial charge in [-0.15, -0.1) is 0 Å². The lowest BCUT2D eigenvalue weighted by molar-refractivity contribution is 0.413. The maximum atomic E-state index is 13.0. The first-order valence-electron chi connectivity index (χ1n) is 3.71. The normalized spacial score (nSPS) is 10.0. The highest BCUT2D eigenvalue weighted by atomic mass is 35.5. The minimum atomic E-state index is -0.275. The van der Waals surface area contributed by atoms with E-state index in [9.17, 15) is 4.39 Å². The van der Waals surface area contributed by atoms with Crippen molar-refractivity contribution < 1.29 is 9.13 Å². The van der Waals surface area contributed by atoms with E-state index in [2.05, 4.69) is 0 Å². The molecule has 0 fully saturated rings. The first kappa shape index (κ1) is 9.33. The molecule has 0 amide bonds. The molecule has 3 heteroatoms. The maximum absolute atomic E-state index is 13.0. The van der Waals surface area contributed by atoms with E-state index in [-0.39, 0.29) is 5.82 Å². The SMILES string of the molecule is CCc1cc(OC)c(Cl)cc1F. The molecule has 1 rings (SSSR count). The van der Waals surface area contributed by atoms with Crippen molar-refractivity contribution in [1.29, 1.82) is 0 Å². The molecule has 12 heavy (non-hydrogen) atoms. The smallest absolute Gasteiger partial charge is 0.137 e. The molecule has 0 aromatic heterocycles. The van der Waals surface area contributed by atoms with Gasteiger partial charge in [-0.25, -0.2) is 4.39 Å². The van der Waals surface area contributed by atoms with E-state index >= 15 is 0 Å². The Morgan fingerprint density at radius 2 is 2.17 bits per heavy atom. The summed E-state index contributed by atoms with van der Waals surface area (Å²) in [5.74, 6) is 0.248. The van der Waals surface area contributed by atoms with Crippen molar-refractivity contribution in [3.8, 4) is 5.75 Å². The molecule has 0 aliphatic rings. The van der Waals surface area contributed by atoms with Crippen LogP contribution >= 0.6 is 11.6 Å². The molecule has 66 valence electrons. The zero-order valence-corrected chi connectivity index (χ0v) is 7.78. The Labute approximate surface area is 76.1 Å². The summed E-state index contributed by atoms with van der Waals surface area (Å²) in [5, 5.41) is 0.312. The molecule has 0 heterocycles. The second-order valence-corrected chi connectivity index (χ2v) is 2.84. The van der Waals surface area contributed by atoms with E-state index in [1.807, 2.05) is 6.92 Å². The van der Waals surface area contributed by atoms with Gasteiger partial charge in [0.15, 0.2) is 0 Å². The third-order valence-electron chi connectivity index (χ3n) is 1.70. The van der Waals surface area contributed by atoms with Crippen molar-refractivity contribution in [2.75, 3.05) is 7.11 Å². The molecule has 0 spiro atoms. The monoisotopic (exact) mass is 188 g/mol. The molecule has 0 aliphatic heterocycles. The fourth-order valence-corrected chi connectivity index (χ4v) is 1.23. The van der Waals surface area contributed by atoms with Gasteiger partial charge in [0, 0.05) is 0 Å². The average molecular weight is 189 g/mol. The van der Waals surface area contributed by atoms with E-state index in [0.717, 1.165) is 0 Å². The summed E-state index contributed by atoms with van der Waals surface area (Å²) < 4.78 is 18.0. The zero-order chi connectivity index (χ0) is 9.14. The zero-order valence-electron chi connectivity index (χ0n) is 7.03. The van der Waals surface area contributed by atoms with Gasteiger partial charge >= 0.3 is 0 Å². The van der Waals surface area contributed by atoms with Crippen LogP contribution in [-0.2, 0) is 6.42 Å². The van der Waals surface area contributed by atoms with E-state index < -0.39 is 0 Å². The lowest BCUT2D eigenvalue weighted by atomic mass is 10.1. The molecular weight excluding hydrogens is 179 g/mol. The van der Waals surface area contributed by atoms with Crippen molar-refractivity contribution in [2.24, 2.45) is 0 Å². The van der Waals surface area contributed by atoms with Crippen LogP contribution in [0.3, 0.4) is 0 Å². The summed E-state index contributed by atoms with van der Waals surface area (Å²) in [5.41, 5.74) is 0.622. The Hall–Kier alpha value is -0.760. The molecule has 0 atom stereocenters. The van der Waals surface area contributed by atoms with Crippen LogP contribution in [0.5, 0.6) is 5.75 Å². The van der Waals surface area contributed by atoms with Crippen LogP contribution in [0, 0.1) is 5.82 Å². The van der Waals surface area contributed by atoms with Crippen LogP contribution in [0.1, 0.15) is 12.5 Å². The van der Waals surface area contributed by atoms with Crippen LogP contribution < -0.4 is 4.74 Å². The Morgan fingerprint density at radius 1 is 1.50 bits per heavy atom. The number of benzene rings is 1. The number of ether oxygens (including phenoxy) is 1. The summed E-state index contributed by atoms with van der Waals surface area (Å²) >= 11 is 5.69. The van der Waals surface area contributed by atoms with Gasteiger partial charge in [0.1, 0.15) is 11.6 Å². The number of rotatable bonds is 2.